The van der Waals surface area contributed by atoms with E-state index in [9.17, 15) is 26.0 Å². The second-order valence-electron chi connectivity index (χ2n) is 4.06. The van der Waals surface area contributed by atoms with Crippen LogP contribution in [-0.4, -0.2) is 15.0 Å². The molecule has 0 aromatic heterocycles. The van der Waals surface area contributed by atoms with Crippen LogP contribution in [0.5, 0.6) is 5.75 Å². The highest BCUT2D eigenvalue weighted by Gasteiger charge is 2.23. The highest BCUT2D eigenvalue weighted by Crippen LogP contribution is 2.23. The van der Waals surface area contributed by atoms with Crippen LogP contribution in [0.25, 0.3) is 0 Å². The van der Waals surface area contributed by atoms with Crippen LogP contribution in [-0.2, 0) is 10.0 Å². The number of ether oxygens (including phenoxy) is 1. The summed E-state index contributed by atoms with van der Waals surface area (Å²) < 4.78 is 80.9. The van der Waals surface area contributed by atoms with Gasteiger partial charge < -0.3 is 4.74 Å². The highest BCUT2D eigenvalue weighted by atomic mass is 32.2. The third-order valence-electron chi connectivity index (χ3n) is 2.52. The number of alkyl halides is 2. The predicted octanol–water partition coefficient (Wildman–Crippen LogP) is 3.37. The fourth-order valence-electron chi connectivity index (χ4n) is 1.65. The van der Waals surface area contributed by atoms with Crippen molar-refractivity contribution in [3.63, 3.8) is 0 Å². The van der Waals surface area contributed by atoms with Gasteiger partial charge >= 0.3 is 6.61 Å². The summed E-state index contributed by atoms with van der Waals surface area (Å²) in [7, 11) is -4.50. The summed E-state index contributed by atoms with van der Waals surface area (Å²) in [6, 6.07) is 7.04. The predicted molar refractivity (Wildman–Crippen MR) is 70.2 cm³/mol. The second-order valence-corrected chi connectivity index (χ2v) is 5.68. The first-order chi connectivity index (χ1) is 10.3. The minimum absolute atomic E-state index is 0.0655. The molecular weight excluding hydrogens is 326 g/mol. The van der Waals surface area contributed by atoms with Crippen molar-refractivity contribution >= 4 is 15.7 Å². The van der Waals surface area contributed by atoms with E-state index in [1.54, 1.807) is 0 Å². The summed E-state index contributed by atoms with van der Waals surface area (Å²) in [4.78, 5) is -1.12. The molecule has 0 spiro atoms. The molecule has 2 rings (SSSR count). The maximum atomic E-state index is 13.5. The Morgan fingerprint density at radius 1 is 0.955 bits per heavy atom. The lowest BCUT2D eigenvalue weighted by Gasteiger charge is -2.10. The Bertz CT molecular complexity index is 743. The molecule has 0 atom stereocenters. The van der Waals surface area contributed by atoms with Crippen molar-refractivity contribution in [1.29, 1.82) is 0 Å². The monoisotopic (exact) mass is 335 g/mol. The van der Waals surface area contributed by atoms with E-state index in [-0.39, 0.29) is 11.4 Å². The summed E-state index contributed by atoms with van der Waals surface area (Å²) in [6.07, 6.45) is 0. The molecular formula is C13H9F4NO3S. The van der Waals surface area contributed by atoms with Crippen LogP contribution in [0.3, 0.4) is 0 Å². The number of sulfonamides is 1. The highest BCUT2D eigenvalue weighted by molar-refractivity contribution is 7.92. The largest absolute Gasteiger partial charge is 0.435 e. The van der Waals surface area contributed by atoms with Crippen LogP contribution < -0.4 is 9.46 Å². The van der Waals surface area contributed by atoms with Gasteiger partial charge in [0.05, 0.1) is 0 Å². The zero-order chi connectivity index (χ0) is 16.3. The van der Waals surface area contributed by atoms with Crippen molar-refractivity contribution < 1.29 is 30.7 Å². The molecule has 2 aromatic rings. The van der Waals surface area contributed by atoms with Gasteiger partial charge in [0.25, 0.3) is 10.0 Å². The van der Waals surface area contributed by atoms with Gasteiger partial charge in [0.15, 0.2) is 4.90 Å². The number of anilines is 1. The third-order valence-corrected chi connectivity index (χ3v) is 3.95. The average Bonchev–Trinajstić information content (AvgIpc) is 2.39. The molecule has 1 N–H and O–H groups in total. The Hall–Kier alpha value is -2.29. The normalized spacial score (nSPS) is 11.5. The molecule has 4 nitrogen and oxygen atoms in total. The molecule has 0 amide bonds. The maximum absolute atomic E-state index is 13.5. The summed E-state index contributed by atoms with van der Waals surface area (Å²) in [5.74, 6) is -2.68. The minimum atomic E-state index is -4.50. The van der Waals surface area contributed by atoms with E-state index >= 15 is 0 Å². The van der Waals surface area contributed by atoms with Crippen LogP contribution in [0.1, 0.15) is 0 Å². The smallest absolute Gasteiger partial charge is 0.387 e. The first-order valence-electron chi connectivity index (χ1n) is 5.81. The lowest BCUT2D eigenvalue weighted by atomic mass is 10.3. The molecule has 118 valence electrons. The zero-order valence-corrected chi connectivity index (χ0v) is 11.6. The molecule has 2 aromatic carbocycles. The van der Waals surface area contributed by atoms with Gasteiger partial charge in [0, 0.05) is 5.69 Å². The first-order valence-corrected chi connectivity index (χ1v) is 7.29. The van der Waals surface area contributed by atoms with Crippen LogP contribution in [0.4, 0.5) is 23.2 Å². The molecule has 0 saturated carbocycles. The van der Waals surface area contributed by atoms with Crippen LogP contribution in [0, 0.1) is 11.6 Å². The fraction of sp³-hybridized carbons (Fsp3) is 0.0769. The SMILES string of the molecule is O=S(=O)(Nc1ccc(OC(F)F)cc1)c1c(F)cccc1F. The fourth-order valence-corrected chi connectivity index (χ4v) is 2.85. The first kappa shape index (κ1) is 16.1. The van der Waals surface area contributed by atoms with Gasteiger partial charge in [-0.05, 0) is 36.4 Å². The standard InChI is InChI=1S/C13H9F4NO3S/c14-10-2-1-3-11(15)12(10)22(19,20)18-8-4-6-9(7-5-8)21-13(16)17/h1-7,13,18H. The molecule has 0 fully saturated rings. The zero-order valence-electron chi connectivity index (χ0n) is 10.8. The molecule has 0 bridgehead atoms. The molecule has 0 saturated heterocycles. The number of halogens is 4. The molecule has 0 radical (unpaired) electrons. The quantitative estimate of drug-likeness (QED) is 0.853. The average molecular weight is 335 g/mol. The van der Waals surface area contributed by atoms with Gasteiger partial charge in [-0.1, -0.05) is 6.07 Å². The van der Waals surface area contributed by atoms with E-state index in [0.717, 1.165) is 42.5 Å². The lowest BCUT2D eigenvalue weighted by Crippen LogP contribution is -2.16. The second kappa shape index (κ2) is 6.22. The topological polar surface area (TPSA) is 55.4 Å². The van der Waals surface area contributed by atoms with Gasteiger partial charge in [-0.3, -0.25) is 4.72 Å². The van der Waals surface area contributed by atoms with Crippen molar-refractivity contribution in [2.45, 2.75) is 11.5 Å². The minimum Gasteiger partial charge on any atom is -0.435 e. The number of hydrogen-bond acceptors (Lipinski definition) is 3. The Kier molecular flexibility index (Phi) is 4.55. The van der Waals surface area contributed by atoms with Gasteiger partial charge in [0.1, 0.15) is 17.4 Å². The van der Waals surface area contributed by atoms with Crippen molar-refractivity contribution in [2.75, 3.05) is 4.72 Å². The lowest BCUT2D eigenvalue weighted by molar-refractivity contribution is -0.0498. The molecule has 0 aliphatic heterocycles. The van der Waals surface area contributed by atoms with E-state index < -0.39 is 33.2 Å². The molecule has 22 heavy (non-hydrogen) atoms. The van der Waals surface area contributed by atoms with Crippen molar-refractivity contribution in [3.8, 4) is 5.75 Å². The number of rotatable bonds is 5. The van der Waals surface area contributed by atoms with E-state index in [4.69, 9.17) is 0 Å². The Balaban J connectivity index is 2.26. The molecule has 9 heteroatoms. The van der Waals surface area contributed by atoms with Crippen LogP contribution in [0.15, 0.2) is 47.4 Å². The van der Waals surface area contributed by atoms with E-state index in [1.807, 2.05) is 4.72 Å². The van der Waals surface area contributed by atoms with E-state index in [0.29, 0.717) is 0 Å². The van der Waals surface area contributed by atoms with E-state index in [2.05, 4.69) is 4.74 Å². The third kappa shape index (κ3) is 3.67. The Morgan fingerprint density at radius 2 is 1.50 bits per heavy atom. The Morgan fingerprint density at radius 3 is 2.00 bits per heavy atom. The summed E-state index contributed by atoms with van der Waals surface area (Å²) >= 11 is 0. The summed E-state index contributed by atoms with van der Waals surface area (Å²) in [5, 5.41) is 0. The van der Waals surface area contributed by atoms with E-state index in [1.165, 1.54) is 0 Å². The molecule has 0 heterocycles. The van der Waals surface area contributed by atoms with Crippen LogP contribution in [0.2, 0.25) is 0 Å². The molecule has 0 aliphatic rings. The maximum Gasteiger partial charge on any atom is 0.387 e. The molecule has 0 aliphatic carbocycles. The van der Waals surface area contributed by atoms with Crippen molar-refractivity contribution in [1.82, 2.24) is 0 Å². The molecule has 0 unspecified atom stereocenters. The van der Waals surface area contributed by atoms with Gasteiger partial charge in [-0.25, -0.2) is 17.2 Å². The number of nitrogens with one attached hydrogen (secondary N) is 1. The van der Waals surface area contributed by atoms with Crippen LogP contribution >= 0.6 is 0 Å². The summed E-state index contributed by atoms with van der Waals surface area (Å²) in [6.45, 7) is -3.02. The summed E-state index contributed by atoms with van der Waals surface area (Å²) in [5.41, 5.74) is -0.0655. The Labute approximate surface area is 123 Å². The van der Waals surface area contributed by atoms with Crippen molar-refractivity contribution in [3.05, 3.63) is 54.1 Å². The van der Waals surface area contributed by atoms with Gasteiger partial charge in [-0.15, -0.1) is 0 Å². The number of benzene rings is 2. The van der Waals surface area contributed by atoms with Gasteiger partial charge in [0.2, 0.25) is 0 Å². The van der Waals surface area contributed by atoms with Gasteiger partial charge in [-0.2, -0.15) is 8.78 Å². The van der Waals surface area contributed by atoms with Crippen molar-refractivity contribution in [2.24, 2.45) is 0 Å². The number of hydrogen-bond donors (Lipinski definition) is 1.